The molecular weight excluding hydrogens is 208 g/mol. The summed E-state index contributed by atoms with van der Waals surface area (Å²) in [4.78, 5) is 2.46. The summed E-state index contributed by atoms with van der Waals surface area (Å²) in [5.41, 5.74) is 0.275. The van der Waals surface area contributed by atoms with Gasteiger partial charge in [0.15, 0.2) is 0 Å². The van der Waals surface area contributed by atoms with E-state index in [2.05, 4.69) is 51.9 Å². The highest BCUT2D eigenvalue weighted by atomic mass is 15.1. The number of rotatable bonds is 9. The van der Waals surface area contributed by atoms with Crippen molar-refractivity contribution in [2.45, 2.75) is 65.8 Å². The average molecular weight is 242 g/mol. The zero-order chi connectivity index (χ0) is 13.3. The number of nitrogens with zero attached hydrogens (tertiary/aromatic N) is 1. The first-order valence-electron chi connectivity index (χ1n) is 7.25. The number of hydrogen-bond donors (Lipinski definition) is 1. The van der Waals surface area contributed by atoms with Crippen LogP contribution in [0.3, 0.4) is 0 Å². The fourth-order valence-electron chi connectivity index (χ4n) is 2.04. The van der Waals surface area contributed by atoms with Gasteiger partial charge in [-0.3, -0.25) is 0 Å². The van der Waals surface area contributed by atoms with E-state index in [-0.39, 0.29) is 5.54 Å². The minimum Gasteiger partial charge on any atom is -0.312 e. The van der Waals surface area contributed by atoms with E-state index >= 15 is 0 Å². The van der Waals surface area contributed by atoms with Gasteiger partial charge >= 0.3 is 0 Å². The van der Waals surface area contributed by atoms with Crippen molar-refractivity contribution in [2.24, 2.45) is 5.92 Å². The molecule has 0 bridgehead atoms. The maximum Gasteiger partial charge on any atom is 0.00965 e. The van der Waals surface area contributed by atoms with Crippen LogP contribution in [0.2, 0.25) is 0 Å². The molecule has 0 unspecified atom stereocenters. The molecule has 0 aromatic carbocycles. The van der Waals surface area contributed by atoms with E-state index in [4.69, 9.17) is 0 Å². The van der Waals surface area contributed by atoms with E-state index in [9.17, 15) is 0 Å². The molecule has 0 heterocycles. The number of unbranched alkanes of at least 4 members (excludes halogenated alkanes) is 3. The second-order valence-corrected chi connectivity index (χ2v) is 6.75. The number of nitrogens with one attached hydrogen (secondary N) is 1. The van der Waals surface area contributed by atoms with Crippen molar-refractivity contribution < 1.29 is 0 Å². The lowest BCUT2D eigenvalue weighted by Gasteiger charge is -2.20. The van der Waals surface area contributed by atoms with Crippen molar-refractivity contribution in [1.29, 1.82) is 0 Å². The monoisotopic (exact) mass is 242 g/mol. The summed E-state index contributed by atoms with van der Waals surface area (Å²) < 4.78 is 0. The van der Waals surface area contributed by atoms with Gasteiger partial charge in [-0.25, -0.2) is 0 Å². The first-order valence-corrected chi connectivity index (χ1v) is 7.25. The molecule has 2 heteroatoms. The van der Waals surface area contributed by atoms with Crippen molar-refractivity contribution in [3.8, 4) is 0 Å². The molecule has 0 aliphatic carbocycles. The average Bonchev–Trinajstić information content (AvgIpc) is 2.13. The van der Waals surface area contributed by atoms with Gasteiger partial charge in [-0.05, 0) is 59.7 Å². The van der Waals surface area contributed by atoms with Gasteiger partial charge in [-0.2, -0.15) is 0 Å². The van der Waals surface area contributed by atoms with Crippen molar-refractivity contribution >= 4 is 0 Å². The Hall–Kier alpha value is -0.0800. The molecular formula is C15H34N2. The standard InChI is InChI=1S/C15H34N2/c1-14(2)13-17(6)12-10-8-7-9-11-16-15(3,4)5/h14,16H,7-13H2,1-6H3. The predicted octanol–water partition coefficient (Wildman–Crippen LogP) is 3.52. The van der Waals surface area contributed by atoms with Gasteiger partial charge in [0.1, 0.15) is 0 Å². The quantitative estimate of drug-likeness (QED) is 0.622. The Morgan fingerprint density at radius 2 is 1.59 bits per heavy atom. The molecule has 0 aromatic rings. The van der Waals surface area contributed by atoms with Crippen LogP contribution in [-0.2, 0) is 0 Å². The third kappa shape index (κ3) is 13.9. The molecule has 0 aromatic heterocycles. The summed E-state index contributed by atoms with van der Waals surface area (Å²) in [6.07, 6.45) is 5.39. The Morgan fingerprint density at radius 1 is 1.00 bits per heavy atom. The first kappa shape index (κ1) is 16.9. The van der Waals surface area contributed by atoms with E-state index in [1.54, 1.807) is 0 Å². The van der Waals surface area contributed by atoms with Crippen LogP contribution in [0.4, 0.5) is 0 Å². The van der Waals surface area contributed by atoms with Gasteiger partial charge < -0.3 is 10.2 Å². The summed E-state index contributed by atoms with van der Waals surface area (Å²) >= 11 is 0. The van der Waals surface area contributed by atoms with Crippen LogP contribution in [0.25, 0.3) is 0 Å². The molecule has 0 amide bonds. The van der Waals surface area contributed by atoms with Crippen LogP contribution in [0.5, 0.6) is 0 Å². The van der Waals surface area contributed by atoms with Gasteiger partial charge in [-0.1, -0.05) is 26.7 Å². The Bertz CT molecular complexity index is 170. The third-order valence-corrected chi connectivity index (χ3v) is 2.80. The molecule has 0 rings (SSSR count). The second kappa shape index (κ2) is 8.93. The highest BCUT2D eigenvalue weighted by molar-refractivity contribution is 4.69. The lowest BCUT2D eigenvalue weighted by atomic mass is 10.1. The number of hydrogen-bond acceptors (Lipinski definition) is 2. The topological polar surface area (TPSA) is 15.3 Å². The smallest absolute Gasteiger partial charge is 0.00965 e. The molecule has 1 N–H and O–H groups in total. The minimum atomic E-state index is 0.275. The van der Waals surface area contributed by atoms with Crippen molar-refractivity contribution in [2.75, 3.05) is 26.7 Å². The molecule has 0 aliphatic rings. The first-order chi connectivity index (χ1) is 7.81. The Kier molecular flexibility index (Phi) is 8.89. The predicted molar refractivity (Wildman–Crippen MR) is 78.6 cm³/mol. The molecule has 0 saturated heterocycles. The fourth-order valence-corrected chi connectivity index (χ4v) is 2.04. The van der Waals surface area contributed by atoms with E-state index in [0.717, 1.165) is 12.5 Å². The minimum absolute atomic E-state index is 0.275. The van der Waals surface area contributed by atoms with E-state index in [1.165, 1.54) is 38.8 Å². The lowest BCUT2D eigenvalue weighted by Crippen LogP contribution is -2.36. The van der Waals surface area contributed by atoms with Crippen LogP contribution in [0.15, 0.2) is 0 Å². The zero-order valence-corrected chi connectivity index (χ0v) is 13.0. The van der Waals surface area contributed by atoms with Gasteiger partial charge in [0.25, 0.3) is 0 Å². The molecule has 2 nitrogen and oxygen atoms in total. The SMILES string of the molecule is CC(C)CN(C)CCCCCCNC(C)(C)C. The summed E-state index contributed by atoms with van der Waals surface area (Å²) in [7, 11) is 2.24. The van der Waals surface area contributed by atoms with Crippen LogP contribution in [0, 0.1) is 5.92 Å². The maximum absolute atomic E-state index is 3.54. The fraction of sp³-hybridized carbons (Fsp3) is 1.00. The van der Waals surface area contributed by atoms with Crippen LogP contribution in [0.1, 0.15) is 60.3 Å². The van der Waals surface area contributed by atoms with E-state index < -0.39 is 0 Å². The molecule has 0 spiro atoms. The Labute approximate surface area is 109 Å². The van der Waals surface area contributed by atoms with Gasteiger partial charge in [0.05, 0.1) is 0 Å². The molecule has 0 radical (unpaired) electrons. The van der Waals surface area contributed by atoms with Crippen LogP contribution < -0.4 is 5.32 Å². The molecule has 0 atom stereocenters. The third-order valence-electron chi connectivity index (χ3n) is 2.80. The van der Waals surface area contributed by atoms with Gasteiger partial charge in [0.2, 0.25) is 0 Å². The molecule has 0 aliphatic heterocycles. The maximum atomic E-state index is 3.54. The van der Waals surface area contributed by atoms with E-state index in [1.807, 2.05) is 0 Å². The van der Waals surface area contributed by atoms with Gasteiger partial charge in [0, 0.05) is 12.1 Å². The molecule has 17 heavy (non-hydrogen) atoms. The largest absolute Gasteiger partial charge is 0.312 e. The van der Waals surface area contributed by atoms with Crippen LogP contribution in [-0.4, -0.2) is 37.1 Å². The lowest BCUT2D eigenvalue weighted by molar-refractivity contribution is 0.288. The summed E-state index contributed by atoms with van der Waals surface area (Å²) in [5.74, 6) is 0.788. The van der Waals surface area contributed by atoms with E-state index in [0.29, 0.717) is 0 Å². The van der Waals surface area contributed by atoms with Crippen molar-refractivity contribution in [3.63, 3.8) is 0 Å². The zero-order valence-electron chi connectivity index (χ0n) is 13.0. The Balaban J connectivity index is 3.24. The molecule has 0 fully saturated rings. The summed E-state index contributed by atoms with van der Waals surface area (Å²) in [6.45, 7) is 14.9. The highest BCUT2D eigenvalue weighted by Crippen LogP contribution is 2.04. The van der Waals surface area contributed by atoms with Crippen LogP contribution >= 0.6 is 0 Å². The summed E-state index contributed by atoms with van der Waals surface area (Å²) in [6, 6.07) is 0. The summed E-state index contributed by atoms with van der Waals surface area (Å²) in [5, 5.41) is 3.54. The molecule has 0 saturated carbocycles. The second-order valence-electron chi connectivity index (χ2n) is 6.75. The van der Waals surface area contributed by atoms with Crippen molar-refractivity contribution in [3.05, 3.63) is 0 Å². The van der Waals surface area contributed by atoms with Gasteiger partial charge in [-0.15, -0.1) is 0 Å². The van der Waals surface area contributed by atoms with Crippen molar-refractivity contribution in [1.82, 2.24) is 10.2 Å². The Morgan fingerprint density at radius 3 is 2.12 bits per heavy atom. The highest BCUT2D eigenvalue weighted by Gasteiger charge is 2.07. The molecule has 104 valence electrons. The normalized spacial score (nSPS) is 12.7.